The second-order valence-electron chi connectivity index (χ2n) is 7.35. The molecule has 30 heavy (non-hydrogen) atoms. The highest BCUT2D eigenvalue weighted by molar-refractivity contribution is 6.35. The summed E-state index contributed by atoms with van der Waals surface area (Å²) in [6.45, 7) is 4.10. The first-order valence-electron chi connectivity index (χ1n) is 9.89. The first-order valence-corrected chi connectivity index (χ1v) is 9.89. The molecular formula is C22H24N2O6. The third-order valence-corrected chi connectivity index (χ3v) is 5.10. The van der Waals surface area contributed by atoms with Gasteiger partial charge in [-0.05, 0) is 38.1 Å². The zero-order valence-corrected chi connectivity index (χ0v) is 16.8. The zero-order chi connectivity index (χ0) is 21.1. The van der Waals surface area contributed by atoms with E-state index in [4.69, 9.17) is 18.9 Å². The van der Waals surface area contributed by atoms with Gasteiger partial charge >= 0.3 is 11.8 Å². The van der Waals surface area contributed by atoms with Crippen molar-refractivity contribution in [3.05, 3.63) is 48.5 Å². The van der Waals surface area contributed by atoms with Gasteiger partial charge in [-0.15, -0.1) is 0 Å². The lowest BCUT2D eigenvalue weighted by Crippen LogP contribution is -2.55. The van der Waals surface area contributed by atoms with E-state index in [9.17, 15) is 9.59 Å². The Bertz CT molecular complexity index is 858. The van der Waals surface area contributed by atoms with Crippen LogP contribution < -0.4 is 29.6 Å². The number of hydrogen-bond donors (Lipinski definition) is 2. The fraction of sp³-hybridized carbons (Fsp3) is 0.364. The highest BCUT2D eigenvalue weighted by Gasteiger charge is 2.31. The topological polar surface area (TPSA) is 95.1 Å². The zero-order valence-electron chi connectivity index (χ0n) is 16.8. The second-order valence-corrected chi connectivity index (χ2v) is 7.35. The Balaban J connectivity index is 1.28. The summed E-state index contributed by atoms with van der Waals surface area (Å²) >= 11 is 0. The molecule has 0 saturated carbocycles. The Morgan fingerprint density at radius 3 is 1.50 bits per heavy atom. The summed E-state index contributed by atoms with van der Waals surface area (Å²) in [5.41, 5.74) is 0. The number of amides is 2. The van der Waals surface area contributed by atoms with E-state index < -0.39 is 36.1 Å². The van der Waals surface area contributed by atoms with E-state index in [0.29, 0.717) is 23.0 Å². The maximum absolute atomic E-state index is 12.4. The Labute approximate surface area is 174 Å². The van der Waals surface area contributed by atoms with Crippen LogP contribution in [0.4, 0.5) is 0 Å². The molecule has 8 heteroatoms. The predicted octanol–water partition coefficient (Wildman–Crippen LogP) is 1.68. The van der Waals surface area contributed by atoms with Gasteiger partial charge in [0.2, 0.25) is 0 Å². The van der Waals surface area contributed by atoms with Gasteiger partial charge < -0.3 is 29.6 Å². The van der Waals surface area contributed by atoms with Crippen LogP contribution in [-0.4, -0.2) is 49.3 Å². The van der Waals surface area contributed by atoms with Crippen molar-refractivity contribution in [3.63, 3.8) is 0 Å². The van der Waals surface area contributed by atoms with Crippen molar-refractivity contribution >= 4 is 11.8 Å². The molecule has 0 aliphatic carbocycles. The molecule has 2 aliphatic heterocycles. The third kappa shape index (κ3) is 4.27. The van der Waals surface area contributed by atoms with Crippen molar-refractivity contribution in [3.8, 4) is 23.0 Å². The lowest BCUT2D eigenvalue weighted by atomic mass is 10.1. The molecule has 0 unspecified atom stereocenters. The van der Waals surface area contributed by atoms with E-state index in [1.54, 1.807) is 26.0 Å². The van der Waals surface area contributed by atoms with E-state index in [1.807, 2.05) is 36.4 Å². The molecule has 0 spiro atoms. The van der Waals surface area contributed by atoms with Crippen LogP contribution in [0.3, 0.4) is 0 Å². The van der Waals surface area contributed by atoms with Crippen LogP contribution in [0.5, 0.6) is 23.0 Å². The number of hydrogen-bond acceptors (Lipinski definition) is 6. The quantitative estimate of drug-likeness (QED) is 0.742. The number of fused-ring (bicyclic) bond motifs is 2. The van der Waals surface area contributed by atoms with Gasteiger partial charge in [0, 0.05) is 0 Å². The van der Waals surface area contributed by atoms with Gasteiger partial charge in [-0.1, -0.05) is 24.3 Å². The van der Waals surface area contributed by atoms with E-state index in [0.717, 1.165) is 0 Å². The third-order valence-electron chi connectivity index (χ3n) is 5.10. The van der Waals surface area contributed by atoms with Gasteiger partial charge in [-0.3, -0.25) is 9.59 Å². The van der Waals surface area contributed by atoms with E-state index in [-0.39, 0.29) is 13.2 Å². The van der Waals surface area contributed by atoms with Gasteiger partial charge in [0.25, 0.3) is 0 Å². The minimum Gasteiger partial charge on any atom is -0.486 e. The van der Waals surface area contributed by atoms with Gasteiger partial charge in [-0.25, -0.2) is 0 Å². The summed E-state index contributed by atoms with van der Waals surface area (Å²) in [4.78, 5) is 24.7. The van der Waals surface area contributed by atoms with E-state index in [1.165, 1.54) is 0 Å². The lowest BCUT2D eigenvalue weighted by Gasteiger charge is -2.31. The molecule has 2 aromatic carbocycles. The lowest BCUT2D eigenvalue weighted by molar-refractivity contribution is -0.140. The Kier molecular flexibility index (Phi) is 5.65. The van der Waals surface area contributed by atoms with E-state index >= 15 is 0 Å². The number of carbonyl (C=O) groups is 2. The summed E-state index contributed by atoms with van der Waals surface area (Å²) in [5.74, 6) is 1.07. The molecule has 158 valence electrons. The standard InChI is InChI=1S/C22H24N2O6/c1-13(19-11-27-15-7-3-5-9-17(15)29-19)23-21(25)22(26)24-14(2)20-12-28-16-8-4-6-10-18(16)30-20/h3-10,13-14,19-20H,11-12H2,1-2H3,(H,23,25)(H,24,26)/t13-,14+,19-,20+. The SMILES string of the molecule is C[C@H](NC(=O)C(=O)N[C@H](C)[C@H]1COc2ccccc2O1)[C@@H]1COc2ccccc2O1. The van der Waals surface area contributed by atoms with Gasteiger partial charge in [-0.2, -0.15) is 0 Å². The van der Waals surface area contributed by atoms with Crippen LogP contribution in [0.15, 0.2) is 48.5 Å². The number of ether oxygens (including phenoxy) is 4. The summed E-state index contributed by atoms with van der Waals surface area (Å²) in [5, 5.41) is 5.35. The predicted molar refractivity (Wildman–Crippen MR) is 108 cm³/mol. The van der Waals surface area contributed by atoms with Crippen molar-refractivity contribution in [1.29, 1.82) is 0 Å². The number of para-hydroxylation sites is 4. The van der Waals surface area contributed by atoms with Gasteiger partial charge in [0.15, 0.2) is 35.2 Å². The molecule has 0 radical (unpaired) electrons. The molecule has 0 bridgehead atoms. The van der Waals surface area contributed by atoms with Crippen LogP contribution in [-0.2, 0) is 9.59 Å². The highest BCUT2D eigenvalue weighted by Crippen LogP contribution is 2.32. The molecule has 2 heterocycles. The van der Waals surface area contributed by atoms with E-state index in [2.05, 4.69) is 10.6 Å². The molecule has 4 atom stereocenters. The summed E-state index contributed by atoms with van der Waals surface area (Å²) in [6, 6.07) is 13.8. The van der Waals surface area contributed by atoms with Crippen LogP contribution in [0.1, 0.15) is 13.8 Å². The molecule has 2 amide bonds. The van der Waals surface area contributed by atoms with Crippen molar-refractivity contribution in [2.75, 3.05) is 13.2 Å². The number of rotatable bonds is 4. The maximum atomic E-state index is 12.4. The summed E-state index contributed by atoms with van der Waals surface area (Å²) < 4.78 is 23.1. The van der Waals surface area contributed by atoms with Crippen molar-refractivity contribution in [1.82, 2.24) is 10.6 Å². The van der Waals surface area contributed by atoms with Gasteiger partial charge in [0.1, 0.15) is 13.2 Å². The fourth-order valence-corrected chi connectivity index (χ4v) is 3.29. The fourth-order valence-electron chi connectivity index (χ4n) is 3.29. The Morgan fingerprint density at radius 1 is 0.733 bits per heavy atom. The molecule has 4 rings (SSSR count). The van der Waals surface area contributed by atoms with Crippen molar-refractivity contribution < 1.29 is 28.5 Å². The highest BCUT2D eigenvalue weighted by atomic mass is 16.6. The second kappa shape index (κ2) is 8.52. The van der Waals surface area contributed by atoms with Crippen LogP contribution >= 0.6 is 0 Å². The first-order chi connectivity index (χ1) is 14.5. The first kappa shape index (κ1) is 19.9. The molecule has 0 saturated heterocycles. The maximum Gasteiger partial charge on any atom is 0.309 e. The van der Waals surface area contributed by atoms with Gasteiger partial charge in [0.05, 0.1) is 12.1 Å². The Morgan fingerprint density at radius 2 is 1.10 bits per heavy atom. The smallest absolute Gasteiger partial charge is 0.309 e. The van der Waals surface area contributed by atoms with Crippen molar-refractivity contribution in [2.45, 2.75) is 38.1 Å². The molecule has 2 N–H and O–H groups in total. The summed E-state index contributed by atoms with van der Waals surface area (Å²) in [6.07, 6.45) is -0.804. The molecule has 2 aliphatic rings. The van der Waals surface area contributed by atoms with Crippen molar-refractivity contribution in [2.24, 2.45) is 0 Å². The number of nitrogens with one attached hydrogen (secondary N) is 2. The normalized spacial score (nSPS) is 21.1. The minimum absolute atomic E-state index is 0.281. The molecule has 8 nitrogen and oxygen atoms in total. The monoisotopic (exact) mass is 412 g/mol. The molecule has 0 aromatic heterocycles. The summed E-state index contributed by atoms with van der Waals surface area (Å²) in [7, 11) is 0. The van der Waals surface area contributed by atoms with Crippen LogP contribution in [0, 0.1) is 0 Å². The largest absolute Gasteiger partial charge is 0.486 e. The Hall–Kier alpha value is -3.42. The molecule has 0 fully saturated rings. The molecular weight excluding hydrogens is 388 g/mol. The molecule has 2 aromatic rings. The van der Waals surface area contributed by atoms with Crippen LogP contribution in [0.25, 0.3) is 0 Å². The number of benzene rings is 2. The number of carbonyl (C=O) groups excluding carboxylic acids is 2. The minimum atomic E-state index is -0.742. The average Bonchev–Trinajstić information content (AvgIpc) is 2.78. The van der Waals surface area contributed by atoms with Crippen LogP contribution in [0.2, 0.25) is 0 Å². The average molecular weight is 412 g/mol.